The van der Waals surface area contributed by atoms with Crippen LogP contribution in [0.5, 0.6) is 0 Å². The third-order valence-electron chi connectivity index (χ3n) is 4.67. The molecule has 0 saturated carbocycles. The first-order valence-corrected chi connectivity index (χ1v) is 11.7. The van der Waals surface area contributed by atoms with Gasteiger partial charge in [0.15, 0.2) is 0 Å². The molecule has 10 nitrogen and oxygen atoms in total. The van der Waals surface area contributed by atoms with Crippen molar-refractivity contribution in [2.45, 2.75) is 45.3 Å². The smallest absolute Gasteiger partial charge is 0.102 e. The molecule has 178 valence electrons. The van der Waals surface area contributed by atoms with Crippen LogP contribution in [0.15, 0.2) is 0 Å². The van der Waals surface area contributed by atoms with Crippen LogP contribution in [0.3, 0.4) is 0 Å². The molecular weight excluding hydrogens is 404 g/mol. The number of quaternary nitrogens is 1. The average Bonchev–Trinajstić information content (AvgIpc) is 2.64. The fourth-order valence-electron chi connectivity index (χ4n) is 2.62. The van der Waals surface area contributed by atoms with Crippen LogP contribution in [0.25, 0.3) is 0 Å². The van der Waals surface area contributed by atoms with Gasteiger partial charge in [-0.1, -0.05) is 13.8 Å². The van der Waals surface area contributed by atoms with Crippen molar-refractivity contribution in [1.29, 1.82) is 0 Å². The summed E-state index contributed by atoms with van der Waals surface area (Å²) in [6, 6.07) is 0. The first-order chi connectivity index (χ1) is 13.5. The normalized spacial score (nSPS) is 14.4. The molecule has 0 heterocycles. The summed E-state index contributed by atoms with van der Waals surface area (Å²) in [4.78, 5) is 1.61. The SMILES string of the molecule is CCC(O)CN(CCS(=O)(=O)[O-])CC(O)CC.C[N+](CCO)(CCO)CCCO. The molecule has 0 fully saturated rings. The Hall–Kier alpha value is -0.370. The maximum absolute atomic E-state index is 10.5. The Labute approximate surface area is 175 Å². The van der Waals surface area contributed by atoms with Gasteiger partial charge in [-0.15, -0.1) is 0 Å². The quantitative estimate of drug-likeness (QED) is 0.136. The molecule has 29 heavy (non-hydrogen) atoms. The lowest BCUT2D eigenvalue weighted by Crippen LogP contribution is -2.48. The van der Waals surface area contributed by atoms with Crippen molar-refractivity contribution in [2.24, 2.45) is 0 Å². The molecule has 5 N–H and O–H groups in total. The third-order valence-corrected chi connectivity index (χ3v) is 5.36. The van der Waals surface area contributed by atoms with Crippen molar-refractivity contribution in [3.63, 3.8) is 0 Å². The van der Waals surface area contributed by atoms with Gasteiger partial charge in [-0.25, -0.2) is 8.42 Å². The zero-order valence-electron chi connectivity index (χ0n) is 18.1. The Kier molecular flexibility index (Phi) is 18.4. The number of nitrogens with zero attached hydrogens (tertiary/aromatic N) is 2. The standard InChI is InChI=1S/C10H23NO5S.C8H20NO3/c1-3-9(12)7-11(8-10(13)4-2)5-6-17(14,15)16;1-9(4-7-11,5-8-12)3-2-6-10/h9-10,12-13H,3-8H2,1-2H3,(H,14,15,16);10-12H,2-8H2,1H3/q;+1/p-1. The summed E-state index contributed by atoms with van der Waals surface area (Å²) in [5.41, 5.74) is 0. The molecule has 0 aromatic rings. The molecule has 0 aliphatic heterocycles. The van der Waals surface area contributed by atoms with Gasteiger partial charge in [0.1, 0.15) is 13.1 Å². The molecule has 0 amide bonds. The molecule has 0 aliphatic carbocycles. The molecule has 0 bridgehead atoms. The van der Waals surface area contributed by atoms with E-state index in [1.807, 2.05) is 20.9 Å². The molecule has 2 atom stereocenters. The highest BCUT2D eigenvalue weighted by molar-refractivity contribution is 7.85. The first-order valence-electron chi connectivity index (χ1n) is 10.1. The summed E-state index contributed by atoms with van der Waals surface area (Å²) < 4.78 is 32.2. The maximum Gasteiger partial charge on any atom is 0.102 e. The van der Waals surface area contributed by atoms with E-state index in [2.05, 4.69) is 0 Å². The largest absolute Gasteiger partial charge is 0.748 e. The molecule has 0 aliphatic rings. The summed E-state index contributed by atoms with van der Waals surface area (Å²) in [7, 11) is -2.28. The molecular formula is C18H42N2O8S. The van der Waals surface area contributed by atoms with E-state index >= 15 is 0 Å². The third kappa shape index (κ3) is 19.3. The van der Waals surface area contributed by atoms with E-state index in [9.17, 15) is 23.2 Å². The molecule has 0 aromatic heterocycles. The van der Waals surface area contributed by atoms with Crippen molar-refractivity contribution >= 4 is 10.1 Å². The Morgan fingerprint density at radius 1 is 0.897 bits per heavy atom. The van der Waals surface area contributed by atoms with Gasteiger partial charge in [-0.05, 0) is 12.8 Å². The average molecular weight is 447 g/mol. The highest BCUT2D eigenvalue weighted by Gasteiger charge is 2.19. The summed E-state index contributed by atoms with van der Waals surface area (Å²) in [5, 5.41) is 45.2. The molecule has 2 unspecified atom stereocenters. The molecule has 0 saturated heterocycles. The summed E-state index contributed by atoms with van der Waals surface area (Å²) >= 11 is 0. The lowest BCUT2D eigenvalue weighted by molar-refractivity contribution is -0.910. The van der Waals surface area contributed by atoms with Crippen molar-refractivity contribution in [3.05, 3.63) is 0 Å². The van der Waals surface area contributed by atoms with Gasteiger partial charge in [0.2, 0.25) is 0 Å². The minimum Gasteiger partial charge on any atom is -0.748 e. The van der Waals surface area contributed by atoms with E-state index in [0.29, 0.717) is 30.4 Å². The highest BCUT2D eigenvalue weighted by atomic mass is 32.2. The van der Waals surface area contributed by atoms with E-state index < -0.39 is 28.1 Å². The van der Waals surface area contributed by atoms with Crippen molar-refractivity contribution < 1.29 is 43.0 Å². The number of aliphatic hydroxyl groups excluding tert-OH is 5. The van der Waals surface area contributed by atoms with Gasteiger partial charge in [0.25, 0.3) is 0 Å². The molecule has 0 radical (unpaired) electrons. The van der Waals surface area contributed by atoms with Gasteiger partial charge in [0, 0.05) is 32.7 Å². The van der Waals surface area contributed by atoms with E-state index in [1.165, 1.54) is 0 Å². The van der Waals surface area contributed by atoms with Gasteiger partial charge in [-0.2, -0.15) is 0 Å². The number of rotatable bonds is 16. The second kappa shape index (κ2) is 17.3. The first kappa shape index (κ1) is 30.8. The van der Waals surface area contributed by atoms with Gasteiger partial charge >= 0.3 is 0 Å². The van der Waals surface area contributed by atoms with E-state index in [0.717, 1.165) is 13.0 Å². The van der Waals surface area contributed by atoms with Gasteiger partial charge < -0.3 is 34.6 Å². The van der Waals surface area contributed by atoms with Crippen LogP contribution in [0.2, 0.25) is 0 Å². The Balaban J connectivity index is 0. The van der Waals surface area contributed by atoms with Crippen LogP contribution >= 0.6 is 0 Å². The predicted octanol–water partition coefficient (Wildman–Crippen LogP) is -1.82. The number of hydrogen-bond acceptors (Lipinski definition) is 9. The minimum absolute atomic E-state index is 0.0416. The summed E-state index contributed by atoms with van der Waals surface area (Å²) in [6.07, 6.45) is 0.657. The van der Waals surface area contributed by atoms with Gasteiger partial charge in [0.05, 0.1) is 54.9 Å². The zero-order chi connectivity index (χ0) is 22.9. The van der Waals surface area contributed by atoms with Crippen LogP contribution in [0.1, 0.15) is 33.1 Å². The number of likely N-dealkylation sites (N-methyl/N-ethyl adjacent to an activating group) is 1. The van der Waals surface area contributed by atoms with E-state index in [-0.39, 0.29) is 39.5 Å². The van der Waals surface area contributed by atoms with Crippen molar-refractivity contribution in [2.75, 3.05) is 71.9 Å². The number of aliphatic hydroxyl groups is 5. The van der Waals surface area contributed by atoms with Crippen LogP contribution in [-0.2, 0) is 10.1 Å². The predicted molar refractivity (Wildman–Crippen MR) is 110 cm³/mol. The monoisotopic (exact) mass is 446 g/mol. The topological polar surface area (TPSA) is 162 Å². The zero-order valence-corrected chi connectivity index (χ0v) is 18.9. The Morgan fingerprint density at radius 3 is 1.66 bits per heavy atom. The van der Waals surface area contributed by atoms with E-state index in [1.54, 1.807) is 4.90 Å². The minimum atomic E-state index is -4.26. The molecule has 0 aromatic carbocycles. The number of hydrogen-bond donors (Lipinski definition) is 5. The van der Waals surface area contributed by atoms with E-state index in [4.69, 9.17) is 15.3 Å². The molecule has 11 heteroatoms. The van der Waals surface area contributed by atoms with Crippen LogP contribution in [-0.4, -0.2) is 132 Å². The van der Waals surface area contributed by atoms with Crippen molar-refractivity contribution in [3.8, 4) is 0 Å². The molecule has 0 rings (SSSR count). The maximum atomic E-state index is 10.5. The lowest BCUT2D eigenvalue weighted by atomic mass is 10.2. The second-order valence-corrected chi connectivity index (χ2v) is 8.98. The Morgan fingerprint density at radius 2 is 1.34 bits per heavy atom. The second-order valence-electron chi connectivity index (χ2n) is 7.46. The van der Waals surface area contributed by atoms with Crippen LogP contribution in [0.4, 0.5) is 0 Å². The van der Waals surface area contributed by atoms with Crippen molar-refractivity contribution in [1.82, 2.24) is 4.90 Å². The summed E-state index contributed by atoms with van der Waals surface area (Å²) in [6.45, 7) is 6.70. The van der Waals surface area contributed by atoms with Gasteiger partial charge in [-0.3, -0.25) is 4.90 Å². The fraction of sp³-hybridized carbons (Fsp3) is 1.00. The fourth-order valence-corrected chi connectivity index (χ4v) is 3.10. The lowest BCUT2D eigenvalue weighted by Gasteiger charge is -2.33. The molecule has 0 spiro atoms. The summed E-state index contributed by atoms with van der Waals surface area (Å²) in [5.74, 6) is -0.500. The Bertz CT molecular complexity index is 460. The highest BCUT2D eigenvalue weighted by Crippen LogP contribution is 2.03. The van der Waals surface area contributed by atoms with Crippen LogP contribution < -0.4 is 0 Å². The van der Waals surface area contributed by atoms with Crippen LogP contribution in [0, 0.1) is 0 Å².